The Hall–Kier alpha value is -3.74. The van der Waals surface area contributed by atoms with E-state index in [1.165, 1.54) is 0 Å². The van der Waals surface area contributed by atoms with E-state index in [2.05, 4.69) is 20.6 Å². The molecular formula is C20H17N5O2. The molecule has 0 unspecified atom stereocenters. The molecule has 4 rings (SSSR count). The first kappa shape index (κ1) is 16.7. The number of hydrogen-bond donors (Lipinski definition) is 1. The molecule has 7 heteroatoms. The number of carbonyl (C=O) groups excluding carboxylic acids is 1. The average molecular weight is 359 g/mol. The third-order valence-electron chi connectivity index (χ3n) is 4.01. The Kier molecular flexibility index (Phi) is 4.49. The highest BCUT2D eigenvalue weighted by atomic mass is 16.5. The largest absolute Gasteiger partial charge is 0.334 e. The molecule has 1 N–H and O–H groups in total. The Labute approximate surface area is 155 Å². The smallest absolute Gasteiger partial charge is 0.257 e. The van der Waals surface area contributed by atoms with Crippen molar-refractivity contribution in [3.05, 3.63) is 83.9 Å². The first-order valence-corrected chi connectivity index (χ1v) is 8.46. The fraction of sp³-hybridized carbons (Fsp3) is 0.100. The summed E-state index contributed by atoms with van der Waals surface area (Å²) in [6.45, 7) is 2.41. The van der Waals surface area contributed by atoms with Crippen molar-refractivity contribution in [2.45, 2.75) is 13.5 Å². The van der Waals surface area contributed by atoms with Crippen LogP contribution < -0.4 is 5.32 Å². The predicted molar refractivity (Wildman–Crippen MR) is 100 cm³/mol. The summed E-state index contributed by atoms with van der Waals surface area (Å²) in [6, 6.07) is 16.6. The Morgan fingerprint density at radius 2 is 2.00 bits per heavy atom. The number of nitrogens with one attached hydrogen (secondary N) is 1. The maximum Gasteiger partial charge on any atom is 0.257 e. The standard InChI is InChI=1S/C20H17N5O2/c1-14-22-20(27-24-14)17-8-6-16(7-9-17)19(26)23-18-5-2-4-15(12-18)13-25-11-3-10-21-25/h2-12H,13H2,1H3,(H,23,26). The van der Waals surface area contributed by atoms with Gasteiger partial charge in [0.1, 0.15) is 0 Å². The van der Waals surface area contributed by atoms with Gasteiger partial charge in [-0.05, 0) is 55.0 Å². The Morgan fingerprint density at radius 3 is 2.70 bits per heavy atom. The fourth-order valence-electron chi connectivity index (χ4n) is 2.71. The molecule has 0 aliphatic heterocycles. The van der Waals surface area contributed by atoms with Crippen LogP contribution in [0.4, 0.5) is 5.69 Å². The maximum absolute atomic E-state index is 12.5. The van der Waals surface area contributed by atoms with E-state index in [4.69, 9.17) is 4.52 Å². The van der Waals surface area contributed by atoms with Gasteiger partial charge in [-0.15, -0.1) is 0 Å². The van der Waals surface area contributed by atoms with Crippen LogP contribution in [0.3, 0.4) is 0 Å². The normalized spacial score (nSPS) is 10.7. The number of benzene rings is 2. The van der Waals surface area contributed by atoms with Crippen LogP contribution in [0, 0.1) is 6.92 Å². The van der Waals surface area contributed by atoms with Gasteiger partial charge < -0.3 is 9.84 Å². The van der Waals surface area contributed by atoms with Crippen LogP contribution >= 0.6 is 0 Å². The average Bonchev–Trinajstić information content (AvgIpc) is 3.34. The topological polar surface area (TPSA) is 85.8 Å². The number of carbonyl (C=O) groups is 1. The zero-order chi connectivity index (χ0) is 18.6. The van der Waals surface area contributed by atoms with Gasteiger partial charge in [0.2, 0.25) is 0 Å². The van der Waals surface area contributed by atoms with E-state index >= 15 is 0 Å². The third kappa shape index (κ3) is 3.92. The van der Waals surface area contributed by atoms with E-state index in [0.29, 0.717) is 23.8 Å². The molecule has 0 saturated carbocycles. The molecule has 1 amide bonds. The summed E-state index contributed by atoms with van der Waals surface area (Å²) in [5, 5.41) is 10.9. The lowest BCUT2D eigenvalue weighted by Crippen LogP contribution is -2.12. The summed E-state index contributed by atoms with van der Waals surface area (Å²) in [4.78, 5) is 16.7. The van der Waals surface area contributed by atoms with Gasteiger partial charge in [-0.2, -0.15) is 10.1 Å². The monoisotopic (exact) mass is 359 g/mol. The number of rotatable bonds is 5. The molecule has 4 aromatic rings. The molecule has 2 heterocycles. The molecule has 7 nitrogen and oxygen atoms in total. The molecule has 0 radical (unpaired) electrons. The van der Waals surface area contributed by atoms with Gasteiger partial charge >= 0.3 is 0 Å². The zero-order valence-electron chi connectivity index (χ0n) is 14.7. The quantitative estimate of drug-likeness (QED) is 0.589. The van der Waals surface area contributed by atoms with Gasteiger partial charge in [0.15, 0.2) is 5.82 Å². The number of hydrogen-bond acceptors (Lipinski definition) is 5. The molecule has 0 aliphatic carbocycles. The van der Waals surface area contributed by atoms with Crippen LogP contribution in [0.15, 0.2) is 71.5 Å². The number of amides is 1. The SMILES string of the molecule is Cc1noc(-c2ccc(C(=O)Nc3cccc(Cn4cccn4)c3)cc2)n1. The second-order valence-corrected chi connectivity index (χ2v) is 6.08. The first-order valence-electron chi connectivity index (χ1n) is 8.46. The molecule has 2 aromatic heterocycles. The summed E-state index contributed by atoms with van der Waals surface area (Å²) < 4.78 is 6.97. The number of aromatic nitrogens is 4. The summed E-state index contributed by atoms with van der Waals surface area (Å²) in [5.41, 5.74) is 3.11. The lowest BCUT2D eigenvalue weighted by atomic mass is 10.1. The van der Waals surface area contributed by atoms with Crippen molar-refractivity contribution in [3.63, 3.8) is 0 Å². The van der Waals surface area contributed by atoms with Crippen molar-refractivity contribution in [3.8, 4) is 11.5 Å². The third-order valence-corrected chi connectivity index (χ3v) is 4.01. The summed E-state index contributed by atoms with van der Waals surface area (Å²) in [7, 11) is 0. The van der Waals surface area contributed by atoms with Crippen LogP contribution in [-0.4, -0.2) is 25.8 Å². The van der Waals surface area contributed by atoms with Gasteiger partial charge in [0, 0.05) is 29.2 Å². The Morgan fingerprint density at radius 1 is 1.15 bits per heavy atom. The van der Waals surface area contributed by atoms with E-state index in [1.807, 2.05) is 41.2 Å². The highest BCUT2D eigenvalue weighted by Gasteiger charge is 2.10. The van der Waals surface area contributed by atoms with Gasteiger partial charge in [-0.1, -0.05) is 17.3 Å². The van der Waals surface area contributed by atoms with Gasteiger partial charge in [-0.3, -0.25) is 9.48 Å². The first-order chi connectivity index (χ1) is 13.2. The van der Waals surface area contributed by atoms with Crippen molar-refractivity contribution in [1.29, 1.82) is 0 Å². The number of anilines is 1. The molecule has 27 heavy (non-hydrogen) atoms. The summed E-state index contributed by atoms with van der Waals surface area (Å²) >= 11 is 0. The predicted octanol–water partition coefficient (Wildman–Crippen LogP) is 3.54. The molecule has 134 valence electrons. The van der Waals surface area contributed by atoms with E-state index in [9.17, 15) is 4.79 Å². The Bertz CT molecular complexity index is 1050. The van der Waals surface area contributed by atoms with Crippen LogP contribution in [0.5, 0.6) is 0 Å². The molecule has 0 bridgehead atoms. The molecule has 2 aromatic carbocycles. The van der Waals surface area contributed by atoms with Crippen molar-refractivity contribution < 1.29 is 9.32 Å². The number of nitrogens with zero attached hydrogens (tertiary/aromatic N) is 4. The van der Waals surface area contributed by atoms with Crippen LogP contribution in [-0.2, 0) is 6.54 Å². The molecular weight excluding hydrogens is 342 g/mol. The van der Waals surface area contributed by atoms with Gasteiger partial charge in [0.05, 0.1) is 6.54 Å². The minimum absolute atomic E-state index is 0.181. The van der Waals surface area contributed by atoms with Crippen LogP contribution in [0.25, 0.3) is 11.5 Å². The second kappa shape index (κ2) is 7.25. The van der Waals surface area contributed by atoms with Gasteiger partial charge in [-0.25, -0.2) is 0 Å². The van der Waals surface area contributed by atoms with Crippen molar-refractivity contribution in [2.75, 3.05) is 5.32 Å². The number of aryl methyl sites for hydroxylation is 1. The highest BCUT2D eigenvalue weighted by Crippen LogP contribution is 2.19. The minimum Gasteiger partial charge on any atom is -0.334 e. The van der Waals surface area contributed by atoms with Crippen LogP contribution in [0.1, 0.15) is 21.7 Å². The van der Waals surface area contributed by atoms with E-state index in [0.717, 1.165) is 16.8 Å². The van der Waals surface area contributed by atoms with E-state index in [1.54, 1.807) is 37.4 Å². The molecule has 0 saturated heterocycles. The maximum atomic E-state index is 12.5. The van der Waals surface area contributed by atoms with Crippen molar-refractivity contribution in [2.24, 2.45) is 0 Å². The lowest BCUT2D eigenvalue weighted by Gasteiger charge is -2.08. The second-order valence-electron chi connectivity index (χ2n) is 6.08. The summed E-state index contributed by atoms with van der Waals surface area (Å²) in [6.07, 6.45) is 3.64. The lowest BCUT2D eigenvalue weighted by molar-refractivity contribution is 0.102. The minimum atomic E-state index is -0.181. The molecule has 0 spiro atoms. The molecule has 0 fully saturated rings. The molecule has 0 atom stereocenters. The van der Waals surface area contributed by atoms with Crippen molar-refractivity contribution in [1.82, 2.24) is 19.9 Å². The van der Waals surface area contributed by atoms with Gasteiger partial charge in [0.25, 0.3) is 11.8 Å². The zero-order valence-corrected chi connectivity index (χ0v) is 14.7. The van der Waals surface area contributed by atoms with E-state index in [-0.39, 0.29) is 5.91 Å². The summed E-state index contributed by atoms with van der Waals surface area (Å²) in [5.74, 6) is 0.826. The molecule has 0 aliphatic rings. The van der Waals surface area contributed by atoms with E-state index < -0.39 is 0 Å². The van der Waals surface area contributed by atoms with Crippen LogP contribution in [0.2, 0.25) is 0 Å². The Balaban J connectivity index is 1.46. The van der Waals surface area contributed by atoms with Crippen molar-refractivity contribution >= 4 is 11.6 Å². The highest BCUT2D eigenvalue weighted by molar-refractivity contribution is 6.04. The fourth-order valence-corrected chi connectivity index (χ4v) is 2.71.